The highest BCUT2D eigenvalue weighted by atomic mass is 16.5. The van der Waals surface area contributed by atoms with Gasteiger partial charge >= 0.3 is 0 Å². The fourth-order valence-electron chi connectivity index (χ4n) is 9.19. The van der Waals surface area contributed by atoms with Gasteiger partial charge in [-0.25, -0.2) is 4.99 Å². The molecule has 0 amide bonds. The van der Waals surface area contributed by atoms with E-state index in [1.165, 1.54) is 44.5 Å². The van der Waals surface area contributed by atoms with Crippen molar-refractivity contribution in [3.05, 3.63) is 239 Å². The maximum Gasteiger partial charge on any atom is 0.132 e. The van der Waals surface area contributed by atoms with Crippen LogP contribution < -0.4 is 15.4 Å². The monoisotopic (exact) mass is 719 g/mol. The van der Waals surface area contributed by atoms with Crippen LogP contribution in [0.5, 0.6) is 11.5 Å². The molecule has 2 aliphatic heterocycles. The lowest BCUT2D eigenvalue weighted by molar-refractivity contribution is 0.409. The SMILES string of the molecule is c1ccc(C2=NC(c3cccc(-c4cccc(-c5cccc6c5-c5ccccc5C65c6ccccc6Oc6ccccc65)c4)c3)NC(c3ccccc3)N2)cc1. The van der Waals surface area contributed by atoms with Gasteiger partial charge in [0, 0.05) is 16.7 Å². The quantitative estimate of drug-likeness (QED) is 0.186. The number of ether oxygens (including phenoxy) is 1. The molecule has 2 heterocycles. The summed E-state index contributed by atoms with van der Waals surface area (Å²) in [4.78, 5) is 5.22. The summed E-state index contributed by atoms with van der Waals surface area (Å²) in [6.45, 7) is 0. The van der Waals surface area contributed by atoms with Crippen molar-refractivity contribution in [3.63, 3.8) is 0 Å². The Balaban J connectivity index is 1.02. The summed E-state index contributed by atoms with van der Waals surface area (Å²) in [6.07, 6.45) is -0.336. The smallest absolute Gasteiger partial charge is 0.132 e. The largest absolute Gasteiger partial charge is 0.457 e. The summed E-state index contributed by atoms with van der Waals surface area (Å²) in [6, 6.07) is 71.5. The summed E-state index contributed by atoms with van der Waals surface area (Å²) in [7, 11) is 0. The van der Waals surface area contributed by atoms with Crippen molar-refractivity contribution >= 4 is 5.84 Å². The predicted octanol–water partition coefficient (Wildman–Crippen LogP) is 11.8. The first-order valence-corrected chi connectivity index (χ1v) is 19.3. The second kappa shape index (κ2) is 13.1. The minimum atomic E-state index is -0.502. The highest BCUT2D eigenvalue weighted by Gasteiger charge is 2.51. The summed E-state index contributed by atoms with van der Waals surface area (Å²) in [5.41, 5.74) is 15.0. The van der Waals surface area contributed by atoms with Gasteiger partial charge in [-0.1, -0.05) is 176 Å². The van der Waals surface area contributed by atoms with Gasteiger partial charge in [0.25, 0.3) is 0 Å². The third kappa shape index (κ3) is 5.07. The summed E-state index contributed by atoms with van der Waals surface area (Å²) in [5.74, 6) is 2.68. The van der Waals surface area contributed by atoms with Crippen LogP contribution in [0.4, 0.5) is 0 Å². The number of hydrogen-bond donors (Lipinski definition) is 2. The number of fused-ring (bicyclic) bond motifs is 9. The van der Waals surface area contributed by atoms with Gasteiger partial charge in [0.15, 0.2) is 0 Å². The summed E-state index contributed by atoms with van der Waals surface area (Å²) in [5, 5.41) is 7.42. The van der Waals surface area contributed by atoms with E-state index in [1.807, 2.05) is 6.07 Å². The Morgan fingerprint density at radius 3 is 1.73 bits per heavy atom. The van der Waals surface area contributed by atoms with Gasteiger partial charge in [0.05, 0.1) is 5.41 Å². The van der Waals surface area contributed by atoms with Gasteiger partial charge in [0.2, 0.25) is 0 Å². The van der Waals surface area contributed by atoms with Gasteiger partial charge in [-0.15, -0.1) is 0 Å². The molecule has 3 aliphatic rings. The minimum Gasteiger partial charge on any atom is -0.457 e. The normalized spacial score (nSPS) is 17.0. The molecule has 0 saturated heterocycles. The maximum atomic E-state index is 6.57. The van der Waals surface area contributed by atoms with Crippen molar-refractivity contribution in [2.75, 3.05) is 0 Å². The Labute approximate surface area is 326 Å². The van der Waals surface area contributed by atoms with Crippen molar-refractivity contribution in [1.82, 2.24) is 10.6 Å². The lowest BCUT2D eigenvalue weighted by Crippen LogP contribution is -2.44. The molecule has 4 heteroatoms. The predicted molar refractivity (Wildman–Crippen MR) is 226 cm³/mol. The minimum absolute atomic E-state index is 0.0955. The molecule has 11 rings (SSSR count). The number of benzene rings is 8. The van der Waals surface area contributed by atoms with E-state index in [-0.39, 0.29) is 12.3 Å². The molecule has 8 aromatic carbocycles. The fraction of sp³-hybridized carbons (Fsp3) is 0.0577. The van der Waals surface area contributed by atoms with Crippen LogP contribution in [-0.2, 0) is 5.41 Å². The third-order valence-electron chi connectivity index (χ3n) is 11.6. The third-order valence-corrected chi connectivity index (χ3v) is 11.6. The van der Waals surface area contributed by atoms with Gasteiger partial charge in [-0.3, -0.25) is 5.32 Å². The van der Waals surface area contributed by atoms with Gasteiger partial charge in [-0.05, 0) is 79.9 Å². The van der Waals surface area contributed by atoms with E-state index in [1.54, 1.807) is 0 Å². The van der Waals surface area contributed by atoms with E-state index in [4.69, 9.17) is 9.73 Å². The Bertz CT molecular complexity index is 2760. The van der Waals surface area contributed by atoms with E-state index in [0.717, 1.165) is 45.2 Å². The Morgan fingerprint density at radius 2 is 0.964 bits per heavy atom. The number of aliphatic imine (C=N–C) groups is 1. The van der Waals surface area contributed by atoms with Crippen molar-refractivity contribution in [2.24, 2.45) is 4.99 Å². The molecule has 0 saturated carbocycles. The lowest BCUT2D eigenvalue weighted by Gasteiger charge is -2.39. The molecule has 0 bridgehead atoms. The number of hydrogen-bond acceptors (Lipinski definition) is 4. The first kappa shape index (κ1) is 32.4. The zero-order valence-corrected chi connectivity index (χ0v) is 30.6. The highest BCUT2D eigenvalue weighted by molar-refractivity contribution is 6.00. The molecule has 8 aromatic rings. The molecule has 4 nitrogen and oxygen atoms in total. The molecule has 56 heavy (non-hydrogen) atoms. The van der Waals surface area contributed by atoms with Gasteiger partial charge in [0.1, 0.15) is 29.7 Å². The topological polar surface area (TPSA) is 45.6 Å². The highest BCUT2D eigenvalue weighted by Crippen LogP contribution is 2.63. The standard InChI is InChI=1S/C52H37N3O/c1-3-16-34(17-4-1)49-53-50(35-18-5-2-6-19-35)55-51(54-49)39-23-14-21-37(33-39)36-20-13-22-38(32-36)40-25-15-29-45-48(40)41-24-7-8-26-42(41)52(45)43-27-9-11-30-46(43)56-47-31-12-10-28-44(47)52/h1-33,49,51,54H,(H,53,55). The van der Waals surface area contributed by atoms with E-state index in [9.17, 15) is 0 Å². The molecule has 2 unspecified atom stereocenters. The molecule has 0 radical (unpaired) electrons. The van der Waals surface area contributed by atoms with Crippen LogP contribution in [0.3, 0.4) is 0 Å². The van der Waals surface area contributed by atoms with Crippen LogP contribution >= 0.6 is 0 Å². The number of nitrogens with zero attached hydrogens (tertiary/aromatic N) is 1. The molecule has 0 aromatic heterocycles. The Hall–Kier alpha value is -7.01. The van der Waals surface area contributed by atoms with Crippen LogP contribution in [0, 0.1) is 0 Å². The second-order valence-electron chi connectivity index (χ2n) is 14.7. The van der Waals surface area contributed by atoms with Gasteiger partial charge in [-0.2, -0.15) is 0 Å². The number of amidine groups is 1. The summed E-state index contributed by atoms with van der Waals surface area (Å²) >= 11 is 0. The maximum absolute atomic E-state index is 6.57. The van der Waals surface area contributed by atoms with Crippen LogP contribution in [0.1, 0.15) is 51.3 Å². The molecular weight excluding hydrogens is 683 g/mol. The van der Waals surface area contributed by atoms with Crippen LogP contribution in [0.25, 0.3) is 33.4 Å². The van der Waals surface area contributed by atoms with E-state index >= 15 is 0 Å². The first-order valence-electron chi connectivity index (χ1n) is 19.3. The van der Waals surface area contributed by atoms with Crippen LogP contribution in [0.2, 0.25) is 0 Å². The van der Waals surface area contributed by atoms with Crippen molar-refractivity contribution in [2.45, 2.75) is 17.7 Å². The summed E-state index contributed by atoms with van der Waals surface area (Å²) < 4.78 is 6.57. The molecular formula is C52H37N3O. The van der Waals surface area contributed by atoms with E-state index < -0.39 is 5.41 Å². The molecule has 266 valence electrons. The molecule has 1 aliphatic carbocycles. The van der Waals surface area contributed by atoms with E-state index in [0.29, 0.717) is 0 Å². The first-order chi connectivity index (χ1) is 27.8. The van der Waals surface area contributed by atoms with Crippen molar-refractivity contribution in [3.8, 4) is 44.9 Å². The molecule has 2 atom stereocenters. The van der Waals surface area contributed by atoms with Crippen LogP contribution in [0.15, 0.2) is 205 Å². The zero-order chi connectivity index (χ0) is 37.1. The second-order valence-corrected chi connectivity index (χ2v) is 14.7. The lowest BCUT2D eigenvalue weighted by atomic mass is 9.66. The van der Waals surface area contributed by atoms with Crippen molar-refractivity contribution < 1.29 is 4.74 Å². The van der Waals surface area contributed by atoms with Crippen molar-refractivity contribution in [1.29, 1.82) is 0 Å². The Kier molecular flexibility index (Phi) is 7.58. The average Bonchev–Trinajstić information content (AvgIpc) is 3.58. The van der Waals surface area contributed by atoms with Crippen LogP contribution in [-0.4, -0.2) is 5.84 Å². The van der Waals surface area contributed by atoms with Gasteiger partial charge < -0.3 is 10.1 Å². The average molecular weight is 720 g/mol. The number of nitrogens with one attached hydrogen (secondary N) is 2. The molecule has 0 fully saturated rings. The Morgan fingerprint density at radius 1 is 0.429 bits per heavy atom. The molecule has 2 N–H and O–H groups in total. The number of rotatable bonds is 5. The number of para-hydroxylation sites is 2. The zero-order valence-electron chi connectivity index (χ0n) is 30.6. The fourth-order valence-corrected chi connectivity index (χ4v) is 9.19. The van der Waals surface area contributed by atoms with E-state index in [2.05, 4.69) is 205 Å². The molecule has 1 spiro atoms.